The molecule has 2 aliphatic heterocycles. The second-order valence-corrected chi connectivity index (χ2v) is 9.80. The van der Waals surface area contributed by atoms with Crippen molar-refractivity contribution in [2.75, 3.05) is 0 Å². The van der Waals surface area contributed by atoms with Gasteiger partial charge in [0.1, 0.15) is 11.5 Å². The number of phenolic OH excluding ortho intramolecular Hbond substituents is 2. The third-order valence-electron chi connectivity index (χ3n) is 7.35. The molecule has 0 unspecified atom stereocenters. The predicted octanol–water partition coefficient (Wildman–Crippen LogP) is 7.10. The van der Waals surface area contributed by atoms with Gasteiger partial charge < -0.3 is 27.8 Å². The molecule has 0 spiro atoms. The van der Waals surface area contributed by atoms with Crippen LogP contribution in [0.15, 0.2) is 126 Å². The summed E-state index contributed by atoms with van der Waals surface area (Å²) in [6.45, 7) is -4.44. The molecule has 0 atom stereocenters. The molecule has 0 radical (unpaired) electrons. The van der Waals surface area contributed by atoms with Gasteiger partial charge in [0.2, 0.25) is 5.82 Å². The van der Waals surface area contributed by atoms with Gasteiger partial charge in [-0.2, -0.15) is 0 Å². The van der Waals surface area contributed by atoms with Crippen LogP contribution in [0.5, 0.6) is 11.5 Å². The molecule has 0 amide bonds. The van der Waals surface area contributed by atoms with E-state index in [-0.39, 0.29) is 23.2 Å². The number of aromatic nitrogens is 1. The highest BCUT2D eigenvalue weighted by molar-refractivity contribution is 6.63. The maximum Gasteiger partial charge on any atom is 0.642 e. The highest BCUT2D eigenvalue weighted by Gasteiger charge is 2.53. The lowest BCUT2D eigenvalue weighted by molar-refractivity contribution is -0.291. The van der Waals surface area contributed by atoms with E-state index in [9.17, 15) is 10.2 Å². The smallest absolute Gasteiger partial charge is 0.508 e. The molecule has 3 heterocycles. The van der Waals surface area contributed by atoms with Gasteiger partial charge in [-0.1, -0.05) is 60.7 Å². The summed E-state index contributed by atoms with van der Waals surface area (Å²) in [6.07, 6.45) is 1.74. The molecule has 2 aliphatic rings. The number of hydrogen-bond acceptors (Lipinski definition) is 3. The van der Waals surface area contributed by atoms with Gasteiger partial charge in [-0.25, -0.2) is 0 Å². The summed E-state index contributed by atoms with van der Waals surface area (Å²) in [4.78, 5) is 4.95. The summed E-state index contributed by atoms with van der Waals surface area (Å²) in [5, 5.41) is 19.7. The summed E-state index contributed by atoms with van der Waals surface area (Å²) in [5.74, 6) is 0.432. The van der Waals surface area contributed by atoms with Crippen LogP contribution in [-0.4, -0.2) is 37.7 Å². The van der Waals surface area contributed by atoms with Crippen molar-refractivity contribution in [3.63, 3.8) is 0 Å². The van der Waals surface area contributed by atoms with Crippen LogP contribution in [0.4, 0.5) is 14.4 Å². The van der Waals surface area contributed by atoms with Crippen molar-refractivity contribution in [2.45, 2.75) is 0 Å². The van der Waals surface area contributed by atoms with E-state index in [0.717, 1.165) is 20.1 Å². The highest BCUT2D eigenvalue weighted by Crippen LogP contribution is 2.46. The first kappa shape index (κ1) is 23.9. The first-order valence-electron chi connectivity index (χ1n) is 12.9. The van der Waals surface area contributed by atoms with E-state index in [1.165, 1.54) is 24.3 Å². The number of phenols is 2. The SMILES string of the molecule is Oc1ccc(C2=[N+]3C(=Nc4c(-c5ccccc5)cc(-c5ccc(O)cc5)n4[B-]3(F)F)C(c3ccccc3)=C2)cc1. The van der Waals surface area contributed by atoms with Crippen molar-refractivity contribution >= 4 is 29.9 Å². The fourth-order valence-corrected chi connectivity index (χ4v) is 5.47. The molecule has 40 heavy (non-hydrogen) atoms. The second kappa shape index (κ2) is 8.91. The van der Waals surface area contributed by atoms with Crippen LogP contribution in [-0.2, 0) is 0 Å². The fourth-order valence-electron chi connectivity index (χ4n) is 5.47. The lowest BCUT2D eigenvalue weighted by atomic mass is 9.90. The third-order valence-corrected chi connectivity index (χ3v) is 7.35. The summed E-state index contributed by atoms with van der Waals surface area (Å²) in [6, 6.07) is 32.9. The maximum atomic E-state index is 17.1. The van der Waals surface area contributed by atoms with Gasteiger partial charge in [0.05, 0.1) is 11.3 Å². The quantitative estimate of drug-likeness (QED) is 0.244. The molecule has 5 nitrogen and oxygen atoms in total. The Bertz CT molecular complexity index is 1860. The Morgan fingerprint density at radius 1 is 0.650 bits per heavy atom. The Morgan fingerprint density at radius 3 is 1.80 bits per heavy atom. The summed E-state index contributed by atoms with van der Waals surface area (Å²) < 4.78 is 36.3. The molecule has 2 N–H and O–H groups in total. The van der Waals surface area contributed by atoms with E-state index in [2.05, 4.69) is 0 Å². The minimum atomic E-state index is -4.44. The van der Waals surface area contributed by atoms with E-state index in [1.54, 1.807) is 36.4 Å². The van der Waals surface area contributed by atoms with Crippen molar-refractivity contribution in [3.8, 4) is 33.9 Å². The molecule has 0 saturated heterocycles. The van der Waals surface area contributed by atoms with Crippen molar-refractivity contribution in [3.05, 3.63) is 132 Å². The van der Waals surface area contributed by atoms with E-state index in [0.29, 0.717) is 33.7 Å². The number of benzene rings is 4. The third kappa shape index (κ3) is 3.68. The van der Waals surface area contributed by atoms with E-state index in [4.69, 9.17) is 4.99 Å². The second-order valence-electron chi connectivity index (χ2n) is 9.80. The molecule has 0 saturated carbocycles. The maximum absolute atomic E-state index is 17.1. The van der Waals surface area contributed by atoms with Gasteiger partial charge in [0, 0.05) is 16.8 Å². The minimum Gasteiger partial charge on any atom is -0.508 e. The first-order valence-corrected chi connectivity index (χ1v) is 12.9. The molecular weight excluding hydrogens is 507 g/mol. The largest absolute Gasteiger partial charge is 0.642 e. The van der Waals surface area contributed by atoms with Gasteiger partial charge >= 0.3 is 6.97 Å². The summed E-state index contributed by atoms with van der Waals surface area (Å²) in [7, 11) is 0. The Morgan fingerprint density at radius 2 is 1.20 bits per heavy atom. The normalized spacial score (nSPS) is 15.3. The van der Waals surface area contributed by atoms with Crippen LogP contribution >= 0.6 is 0 Å². The lowest BCUT2D eigenvalue weighted by Gasteiger charge is -2.32. The predicted molar refractivity (Wildman–Crippen MR) is 154 cm³/mol. The molecule has 8 heteroatoms. The zero-order valence-corrected chi connectivity index (χ0v) is 21.1. The van der Waals surface area contributed by atoms with Gasteiger partial charge in [-0.3, -0.25) is 0 Å². The van der Waals surface area contributed by atoms with Gasteiger partial charge in [0.15, 0.2) is 0 Å². The van der Waals surface area contributed by atoms with E-state index >= 15 is 8.63 Å². The van der Waals surface area contributed by atoms with E-state index in [1.807, 2.05) is 60.7 Å². The summed E-state index contributed by atoms with van der Waals surface area (Å²) in [5.41, 5.74) is 4.36. The minimum absolute atomic E-state index is 0.0502. The Labute approximate surface area is 229 Å². The molecule has 1 aromatic heterocycles. The molecule has 5 aromatic rings. The van der Waals surface area contributed by atoms with Crippen molar-refractivity contribution in [1.29, 1.82) is 0 Å². The zero-order chi connectivity index (χ0) is 27.4. The average molecular weight is 529 g/mol. The molecule has 0 aliphatic carbocycles. The number of nitrogens with zero attached hydrogens (tertiary/aromatic N) is 3. The Balaban J connectivity index is 1.56. The van der Waals surface area contributed by atoms with E-state index < -0.39 is 6.97 Å². The van der Waals surface area contributed by atoms with Crippen LogP contribution in [0.3, 0.4) is 0 Å². The Hall–Kier alpha value is -5.24. The molecular formula is C32H22BF2N3O2. The van der Waals surface area contributed by atoms with Gasteiger partial charge in [0.25, 0.3) is 5.84 Å². The number of fused-ring (bicyclic) bond motifs is 2. The number of halogens is 2. The van der Waals surface area contributed by atoms with Gasteiger partial charge in [-0.15, -0.1) is 0 Å². The monoisotopic (exact) mass is 529 g/mol. The average Bonchev–Trinajstić information content (AvgIpc) is 3.56. The molecule has 0 bridgehead atoms. The van der Waals surface area contributed by atoms with Crippen LogP contribution in [0.2, 0.25) is 0 Å². The Kier molecular flexibility index (Phi) is 5.32. The van der Waals surface area contributed by atoms with Crippen LogP contribution in [0, 0.1) is 0 Å². The van der Waals surface area contributed by atoms with Crippen molar-refractivity contribution in [2.24, 2.45) is 4.99 Å². The molecule has 194 valence electrons. The van der Waals surface area contributed by atoms with Crippen molar-refractivity contribution in [1.82, 2.24) is 4.48 Å². The van der Waals surface area contributed by atoms with Crippen molar-refractivity contribution < 1.29 is 23.3 Å². The topological polar surface area (TPSA) is 60.8 Å². The highest BCUT2D eigenvalue weighted by atomic mass is 19.2. The molecule has 4 aromatic carbocycles. The molecule has 7 rings (SSSR count). The summed E-state index contributed by atoms with van der Waals surface area (Å²) >= 11 is 0. The van der Waals surface area contributed by atoms with Crippen LogP contribution in [0.1, 0.15) is 11.1 Å². The van der Waals surface area contributed by atoms with Crippen LogP contribution < -0.4 is 0 Å². The fraction of sp³-hybridized carbons (Fsp3) is 0. The number of aromatic hydroxyl groups is 2. The zero-order valence-electron chi connectivity index (χ0n) is 21.1. The molecule has 0 fully saturated rings. The van der Waals surface area contributed by atoms with Gasteiger partial charge in [-0.05, 0) is 82.4 Å². The lowest BCUT2D eigenvalue weighted by Crippen LogP contribution is -2.53. The van der Waals surface area contributed by atoms with Crippen LogP contribution in [0.25, 0.3) is 28.0 Å². The number of amidine groups is 1. The first-order chi connectivity index (χ1) is 19.4. The standard InChI is InChI=1S/C32H22BF2N3O2/c34-33(35)37-29(23-11-15-25(39)16-12-23)19-27(21-7-3-1-4-8-21)31(37)36-32-28(22-9-5-2-6-10-22)20-30(38(32)33)24-13-17-26(40)18-14-24/h1-20,39-40H. The number of rotatable bonds is 4. The number of hydrogen-bond donors (Lipinski definition) is 2. The number of allylic oxidation sites excluding steroid dienone is 1. The number of aliphatic imine (C=N–C) groups is 1.